The Balaban J connectivity index is 2.67. The number of rotatable bonds is 10. The number of ether oxygens (including phenoxy) is 1. The third kappa shape index (κ3) is 6.58. The molecule has 0 bridgehead atoms. The molecule has 5 nitrogen and oxygen atoms in total. The van der Waals surface area contributed by atoms with Gasteiger partial charge in [0.2, 0.25) is 0 Å². The van der Waals surface area contributed by atoms with Crippen LogP contribution in [-0.4, -0.2) is 18.1 Å². The number of benzene rings is 1. The van der Waals surface area contributed by atoms with Crippen molar-refractivity contribution in [2.24, 2.45) is 5.92 Å². The summed E-state index contributed by atoms with van der Waals surface area (Å²) in [5.41, 5.74) is 1.05. The minimum absolute atomic E-state index is 0.0405. The van der Waals surface area contributed by atoms with E-state index < -0.39 is 0 Å². The summed E-state index contributed by atoms with van der Waals surface area (Å²) in [6.07, 6.45) is 3.03. The molecular weight excluding hydrogens is 268 g/mol. The monoisotopic (exact) mass is 294 g/mol. The lowest BCUT2D eigenvalue weighted by atomic mass is 10.1. The van der Waals surface area contributed by atoms with Crippen LogP contribution in [-0.2, 0) is 6.54 Å². The van der Waals surface area contributed by atoms with E-state index >= 15 is 0 Å². The molecule has 0 aliphatic rings. The zero-order valence-corrected chi connectivity index (χ0v) is 13.2. The predicted octanol–water partition coefficient (Wildman–Crippen LogP) is 3.91. The van der Waals surface area contributed by atoms with Crippen LogP contribution in [0.25, 0.3) is 0 Å². The lowest BCUT2D eigenvalue weighted by Crippen LogP contribution is -2.14. The zero-order valence-electron chi connectivity index (χ0n) is 13.2. The highest BCUT2D eigenvalue weighted by atomic mass is 16.6. The van der Waals surface area contributed by atoms with Gasteiger partial charge in [0, 0.05) is 12.6 Å². The van der Waals surface area contributed by atoms with Crippen LogP contribution in [0.5, 0.6) is 5.75 Å². The van der Waals surface area contributed by atoms with Gasteiger partial charge in [-0.2, -0.15) is 0 Å². The van der Waals surface area contributed by atoms with Gasteiger partial charge >= 0.3 is 5.69 Å². The third-order valence-electron chi connectivity index (χ3n) is 3.16. The maximum absolute atomic E-state index is 11.0. The first-order chi connectivity index (χ1) is 10.0. The van der Waals surface area contributed by atoms with E-state index in [2.05, 4.69) is 26.1 Å². The third-order valence-corrected chi connectivity index (χ3v) is 3.16. The quantitative estimate of drug-likeness (QED) is 0.404. The predicted molar refractivity (Wildman–Crippen MR) is 84.7 cm³/mol. The van der Waals surface area contributed by atoms with Gasteiger partial charge < -0.3 is 10.1 Å². The Morgan fingerprint density at radius 3 is 2.76 bits per heavy atom. The molecule has 0 spiro atoms. The summed E-state index contributed by atoms with van der Waals surface area (Å²) >= 11 is 0. The number of hydrogen-bond acceptors (Lipinski definition) is 4. The summed E-state index contributed by atoms with van der Waals surface area (Å²) in [5.74, 6) is 0.993. The Bertz CT molecular complexity index is 447. The summed E-state index contributed by atoms with van der Waals surface area (Å²) in [6, 6.07) is 5.08. The molecule has 1 aromatic rings. The van der Waals surface area contributed by atoms with E-state index in [1.165, 1.54) is 6.07 Å². The Kier molecular flexibility index (Phi) is 7.75. The molecule has 0 saturated carbocycles. The van der Waals surface area contributed by atoms with Crippen molar-refractivity contribution in [1.82, 2.24) is 5.32 Å². The fourth-order valence-electron chi connectivity index (χ4n) is 2.02. The van der Waals surface area contributed by atoms with Crippen LogP contribution >= 0.6 is 0 Å². The Morgan fingerprint density at radius 1 is 1.38 bits per heavy atom. The van der Waals surface area contributed by atoms with Crippen LogP contribution < -0.4 is 10.1 Å². The van der Waals surface area contributed by atoms with Crippen molar-refractivity contribution in [3.63, 3.8) is 0 Å². The van der Waals surface area contributed by atoms with Crippen LogP contribution in [0.2, 0.25) is 0 Å². The van der Waals surface area contributed by atoms with Gasteiger partial charge in [0.25, 0.3) is 0 Å². The summed E-state index contributed by atoms with van der Waals surface area (Å²) in [5, 5.41) is 14.3. The van der Waals surface area contributed by atoms with Gasteiger partial charge in [-0.25, -0.2) is 0 Å². The summed E-state index contributed by atoms with van der Waals surface area (Å²) in [7, 11) is 0. The standard InChI is InChI=1S/C16H26N2O3/c1-4-9-17-12-14-7-8-15(18(19)20)16(11-14)21-10-5-6-13(2)3/h7-8,11,13,17H,4-6,9-10,12H2,1-3H3. The van der Waals surface area contributed by atoms with Crippen molar-refractivity contribution < 1.29 is 9.66 Å². The first-order valence-electron chi connectivity index (χ1n) is 7.65. The van der Waals surface area contributed by atoms with E-state index in [1.807, 2.05) is 0 Å². The Morgan fingerprint density at radius 2 is 2.14 bits per heavy atom. The van der Waals surface area contributed by atoms with Crippen molar-refractivity contribution >= 4 is 5.69 Å². The average molecular weight is 294 g/mol. The Labute approximate surface area is 126 Å². The number of nitro groups is 1. The maximum atomic E-state index is 11.0. The van der Waals surface area contributed by atoms with E-state index in [9.17, 15) is 10.1 Å². The molecule has 1 aromatic carbocycles. The van der Waals surface area contributed by atoms with Crippen LogP contribution in [0.15, 0.2) is 18.2 Å². The molecule has 0 aliphatic carbocycles. The molecule has 0 aliphatic heterocycles. The second-order valence-corrected chi connectivity index (χ2v) is 5.62. The molecule has 0 unspecified atom stereocenters. The van der Waals surface area contributed by atoms with Crippen molar-refractivity contribution in [2.45, 2.75) is 46.6 Å². The molecule has 0 fully saturated rings. The smallest absolute Gasteiger partial charge is 0.310 e. The highest BCUT2D eigenvalue weighted by molar-refractivity contribution is 5.48. The van der Waals surface area contributed by atoms with Crippen molar-refractivity contribution in [3.8, 4) is 5.75 Å². The molecule has 1 N–H and O–H groups in total. The van der Waals surface area contributed by atoms with E-state index in [0.29, 0.717) is 24.8 Å². The molecule has 0 aromatic heterocycles. The van der Waals surface area contributed by atoms with Gasteiger partial charge in [0.15, 0.2) is 5.75 Å². The highest BCUT2D eigenvalue weighted by Gasteiger charge is 2.15. The molecule has 0 amide bonds. The number of nitrogens with one attached hydrogen (secondary N) is 1. The van der Waals surface area contributed by atoms with Crippen molar-refractivity contribution in [3.05, 3.63) is 33.9 Å². The van der Waals surface area contributed by atoms with Gasteiger partial charge in [0.1, 0.15) is 0 Å². The first kappa shape index (κ1) is 17.4. The van der Waals surface area contributed by atoms with E-state index in [0.717, 1.165) is 31.4 Å². The molecule has 21 heavy (non-hydrogen) atoms. The second kappa shape index (κ2) is 9.34. The number of hydrogen-bond donors (Lipinski definition) is 1. The molecule has 5 heteroatoms. The van der Waals surface area contributed by atoms with Gasteiger partial charge in [-0.1, -0.05) is 26.8 Å². The average Bonchev–Trinajstić information content (AvgIpc) is 2.43. The van der Waals surface area contributed by atoms with E-state index in [-0.39, 0.29) is 10.6 Å². The highest BCUT2D eigenvalue weighted by Crippen LogP contribution is 2.28. The second-order valence-electron chi connectivity index (χ2n) is 5.62. The minimum Gasteiger partial charge on any atom is -0.487 e. The number of nitro benzene ring substituents is 1. The van der Waals surface area contributed by atoms with Crippen LogP contribution in [0.3, 0.4) is 0 Å². The van der Waals surface area contributed by atoms with Gasteiger partial charge in [0.05, 0.1) is 11.5 Å². The SMILES string of the molecule is CCCNCc1ccc([N+](=O)[O-])c(OCCCC(C)C)c1. The molecule has 0 saturated heterocycles. The molecule has 1 rings (SSSR count). The van der Waals surface area contributed by atoms with Crippen LogP contribution in [0.1, 0.15) is 45.6 Å². The van der Waals surface area contributed by atoms with Crippen molar-refractivity contribution in [2.75, 3.05) is 13.2 Å². The fraction of sp³-hybridized carbons (Fsp3) is 0.625. The van der Waals surface area contributed by atoms with Crippen LogP contribution in [0, 0.1) is 16.0 Å². The topological polar surface area (TPSA) is 64.4 Å². The maximum Gasteiger partial charge on any atom is 0.310 e. The normalized spacial score (nSPS) is 10.9. The fourth-order valence-corrected chi connectivity index (χ4v) is 2.02. The molecule has 0 heterocycles. The van der Waals surface area contributed by atoms with Gasteiger partial charge in [-0.05, 0) is 43.4 Å². The largest absolute Gasteiger partial charge is 0.487 e. The molecular formula is C16H26N2O3. The summed E-state index contributed by atoms with van der Waals surface area (Å²) < 4.78 is 5.63. The zero-order chi connectivity index (χ0) is 15.7. The van der Waals surface area contributed by atoms with Gasteiger partial charge in [-0.3, -0.25) is 10.1 Å². The van der Waals surface area contributed by atoms with Gasteiger partial charge in [-0.15, -0.1) is 0 Å². The molecule has 0 atom stereocenters. The van der Waals surface area contributed by atoms with E-state index in [1.54, 1.807) is 12.1 Å². The Hall–Kier alpha value is -1.62. The number of nitrogens with zero attached hydrogens (tertiary/aromatic N) is 1. The lowest BCUT2D eigenvalue weighted by Gasteiger charge is -2.10. The molecule has 118 valence electrons. The molecule has 0 radical (unpaired) electrons. The van der Waals surface area contributed by atoms with Crippen molar-refractivity contribution in [1.29, 1.82) is 0 Å². The minimum atomic E-state index is -0.388. The van der Waals surface area contributed by atoms with Crippen LogP contribution in [0.4, 0.5) is 5.69 Å². The van der Waals surface area contributed by atoms with E-state index in [4.69, 9.17) is 4.74 Å². The first-order valence-corrected chi connectivity index (χ1v) is 7.65. The summed E-state index contributed by atoms with van der Waals surface area (Å²) in [4.78, 5) is 10.7. The lowest BCUT2D eigenvalue weighted by molar-refractivity contribution is -0.385. The summed E-state index contributed by atoms with van der Waals surface area (Å²) in [6.45, 7) is 8.57.